The van der Waals surface area contributed by atoms with Crippen LogP contribution in [0, 0.1) is 5.92 Å². The van der Waals surface area contributed by atoms with Crippen molar-refractivity contribution >= 4 is 11.8 Å². The third-order valence-corrected chi connectivity index (χ3v) is 6.65. The SMILES string of the molecule is CCC(C)NC(=O)c1c2c(cn(Cc3ccccc3)c1=O)CN(C(=O)C1CCC1)CC2. The molecule has 1 fully saturated rings. The highest BCUT2D eigenvalue weighted by Crippen LogP contribution is 2.30. The maximum atomic E-state index is 13.4. The van der Waals surface area contributed by atoms with Gasteiger partial charge in [-0.2, -0.15) is 0 Å². The summed E-state index contributed by atoms with van der Waals surface area (Å²) in [7, 11) is 0. The van der Waals surface area contributed by atoms with E-state index in [0.29, 0.717) is 26.1 Å². The Morgan fingerprint density at radius 2 is 1.94 bits per heavy atom. The van der Waals surface area contributed by atoms with Gasteiger partial charge in [-0.05, 0) is 49.3 Å². The Balaban J connectivity index is 1.71. The number of amides is 2. The highest BCUT2D eigenvalue weighted by Gasteiger charge is 2.33. The van der Waals surface area contributed by atoms with E-state index < -0.39 is 0 Å². The van der Waals surface area contributed by atoms with Crippen molar-refractivity contribution in [1.29, 1.82) is 0 Å². The van der Waals surface area contributed by atoms with Crippen LogP contribution in [0.3, 0.4) is 0 Å². The van der Waals surface area contributed by atoms with Crippen LogP contribution in [0.5, 0.6) is 0 Å². The molecule has 0 spiro atoms. The van der Waals surface area contributed by atoms with Crippen molar-refractivity contribution in [3.63, 3.8) is 0 Å². The number of fused-ring (bicyclic) bond motifs is 1. The molecule has 31 heavy (non-hydrogen) atoms. The van der Waals surface area contributed by atoms with Gasteiger partial charge in [-0.15, -0.1) is 0 Å². The molecule has 2 aliphatic rings. The first-order valence-electron chi connectivity index (χ1n) is 11.4. The first kappa shape index (κ1) is 21.3. The van der Waals surface area contributed by atoms with Gasteiger partial charge in [0.15, 0.2) is 0 Å². The second kappa shape index (κ2) is 9.08. The maximum Gasteiger partial charge on any atom is 0.264 e. The van der Waals surface area contributed by atoms with E-state index in [2.05, 4.69) is 5.32 Å². The summed E-state index contributed by atoms with van der Waals surface area (Å²) < 4.78 is 1.62. The minimum Gasteiger partial charge on any atom is -0.349 e. The standard InChI is InChI=1S/C25H31N3O3/c1-3-17(2)26-23(29)22-21-12-13-27(24(30)19-10-7-11-19)15-20(21)16-28(25(22)31)14-18-8-5-4-6-9-18/h4-6,8-9,16-17,19H,3,7,10-15H2,1-2H3,(H,26,29). The number of benzene rings is 1. The lowest BCUT2D eigenvalue weighted by Crippen LogP contribution is -2.45. The van der Waals surface area contributed by atoms with Gasteiger partial charge in [-0.3, -0.25) is 14.4 Å². The topological polar surface area (TPSA) is 71.4 Å². The third-order valence-electron chi connectivity index (χ3n) is 6.65. The lowest BCUT2D eigenvalue weighted by Gasteiger charge is -2.35. The molecule has 1 aliphatic carbocycles. The third kappa shape index (κ3) is 4.43. The second-order valence-corrected chi connectivity index (χ2v) is 8.85. The van der Waals surface area contributed by atoms with Crippen LogP contribution >= 0.6 is 0 Å². The highest BCUT2D eigenvalue weighted by molar-refractivity contribution is 5.96. The van der Waals surface area contributed by atoms with E-state index in [1.165, 1.54) is 0 Å². The van der Waals surface area contributed by atoms with E-state index in [9.17, 15) is 14.4 Å². The quantitative estimate of drug-likeness (QED) is 0.779. The summed E-state index contributed by atoms with van der Waals surface area (Å²) in [5, 5.41) is 2.97. The summed E-state index contributed by atoms with van der Waals surface area (Å²) in [5.41, 5.74) is 2.68. The van der Waals surface area contributed by atoms with Gasteiger partial charge < -0.3 is 14.8 Å². The van der Waals surface area contributed by atoms with Crippen LogP contribution in [0.4, 0.5) is 0 Å². The predicted octanol–water partition coefficient (Wildman–Crippen LogP) is 3.11. The van der Waals surface area contributed by atoms with E-state index in [4.69, 9.17) is 0 Å². The zero-order valence-electron chi connectivity index (χ0n) is 18.4. The van der Waals surface area contributed by atoms with Crippen molar-refractivity contribution in [2.75, 3.05) is 6.54 Å². The van der Waals surface area contributed by atoms with Gasteiger partial charge in [0.25, 0.3) is 11.5 Å². The lowest BCUT2D eigenvalue weighted by molar-refractivity contribution is -0.139. The maximum absolute atomic E-state index is 13.4. The van der Waals surface area contributed by atoms with E-state index in [-0.39, 0.29) is 34.9 Å². The van der Waals surface area contributed by atoms with Crippen LogP contribution in [0.15, 0.2) is 41.3 Å². The van der Waals surface area contributed by atoms with Crippen LogP contribution in [0.2, 0.25) is 0 Å². The average Bonchev–Trinajstić information content (AvgIpc) is 2.73. The van der Waals surface area contributed by atoms with Crippen molar-refractivity contribution in [2.24, 2.45) is 5.92 Å². The number of rotatable bonds is 6. The molecule has 1 unspecified atom stereocenters. The molecule has 0 bridgehead atoms. The first-order chi connectivity index (χ1) is 15.0. The van der Waals surface area contributed by atoms with Gasteiger partial charge in [0.1, 0.15) is 5.56 Å². The molecule has 2 heterocycles. The second-order valence-electron chi connectivity index (χ2n) is 8.85. The van der Waals surface area contributed by atoms with E-state index in [1.54, 1.807) is 4.57 Å². The summed E-state index contributed by atoms with van der Waals surface area (Å²) >= 11 is 0. The van der Waals surface area contributed by atoms with Crippen molar-refractivity contribution in [3.8, 4) is 0 Å². The molecule has 1 aromatic carbocycles. The van der Waals surface area contributed by atoms with Gasteiger partial charge in [-0.1, -0.05) is 43.7 Å². The van der Waals surface area contributed by atoms with Gasteiger partial charge >= 0.3 is 0 Å². The van der Waals surface area contributed by atoms with Crippen LogP contribution in [-0.4, -0.2) is 33.9 Å². The van der Waals surface area contributed by atoms with E-state index >= 15 is 0 Å². The zero-order valence-corrected chi connectivity index (χ0v) is 18.4. The summed E-state index contributed by atoms with van der Waals surface area (Å²) in [4.78, 5) is 41.2. The Kier molecular flexibility index (Phi) is 6.25. The number of carbonyl (C=O) groups is 2. The van der Waals surface area contributed by atoms with Gasteiger partial charge in [0.05, 0.1) is 6.54 Å². The molecule has 1 aromatic heterocycles. The Morgan fingerprint density at radius 3 is 2.58 bits per heavy atom. The largest absolute Gasteiger partial charge is 0.349 e. The fourth-order valence-corrected chi connectivity index (χ4v) is 4.34. The lowest BCUT2D eigenvalue weighted by atomic mass is 9.83. The van der Waals surface area contributed by atoms with Crippen LogP contribution in [0.25, 0.3) is 0 Å². The predicted molar refractivity (Wildman–Crippen MR) is 120 cm³/mol. The monoisotopic (exact) mass is 421 g/mol. The van der Waals surface area contributed by atoms with Crippen molar-refractivity contribution in [2.45, 2.75) is 65.1 Å². The number of hydrogen-bond acceptors (Lipinski definition) is 3. The molecule has 2 aromatic rings. The minimum atomic E-state index is -0.309. The first-order valence-corrected chi connectivity index (χ1v) is 11.4. The minimum absolute atomic E-state index is 0.00869. The van der Waals surface area contributed by atoms with Crippen molar-refractivity contribution in [1.82, 2.24) is 14.8 Å². The molecule has 2 amide bonds. The number of aromatic nitrogens is 1. The number of nitrogens with one attached hydrogen (secondary N) is 1. The van der Waals surface area contributed by atoms with E-state index in [0.717, 1.165) is 42.4 Å². The molecule has 1 N–H and O–H groups in total. The molecule has 1 saturated carbocycles. The smallest absolute Gasteiger partial charge is 0.264 e. The molecular weight excluding hydrogens is 390 g/mol. The summed E-state index contributed by atoms with van der Waals surface area (Å²) in [6.45, 7) is 5.36. The molecule has 0 radical (unpaired) electrons. The molecule has 0 saturated heterocycles. The zero-order chi connectivity index (χ0) is 22.0. The molecule has 1 aliphatic heterocycles. The van der Waals surface area contributed by atoms with E-state index in [1.807, 2.05) is 55.3 Å². The van der Waals surface area contributed by atoms with Crippen molar-refractivity contribution < 1.29 is 9.59 Å². The van der Waals surface area contributed by atoms with Gasteiger partial charge in [-0.25, -0.2) is 0 Å². The summed E-state index contributed by atoms with van der Waals surface area (Å²) in [6.07, 6.45) is 6.25. The molecule has 4 rings (SSSR count). The Morgan fingerprint density at radius 1 is 1.19 bits per heavy atom. The Bertz CT molecular complexity index is 1020. The highest BCUT2D eigenvalue weighted by atomic mass is 16.2. The average molecular weight is 422 g/mol. The normalized spacial score (nSPS) is 16.9. The van der Waals surface area contributed by atoms with Crippen LogP contribution < -0.4 is 10.9 Å². The molecule has 6 nitrogen and oxygen atoms in total. The number of hydrogen-bond donors (Lipinski definition) is 1. The fourth-order valence-electron chi connectivity index (χ4n) is 4.34. The molecule has 164 valence electrons. The van der Waals surface area contributed by atoms with Gasteiger partial charge in [0, 0.05) is 31.2 Å². The summed E-state index contributed by atoms with van der Waals surface area (Å²) in [6, 6.07) is 9.75. The van der Waals surface area contributed by atoms with Crippen molar-refractivity contribution in [3.05, 3.63) is 69.1 Å². The number of pyridine rings is 1. The van der Waals surface area contributed by atoms with Gasteiger partial charge in [0.2, 0.25) is 5.91 Å². The molecular formula is C25H31N3O3. The number of nitrogens with zero attached hydrogens (tertiary/aromatic N) is 2. The van der Waals surface area contributed by atoms with Crippen LogP contribution in [0.1, 0.15) is 66.6 Å². The Hall–Kier alpha value is -2.89. The fraction of sp³-hybridized carbons (Fsp3) is 0.480. The Labute approximate surface area is 183 Å². The molecule has 1 atom stereocenters. The number of carbonyl (C=O) groups excluding carboxylic acids is 2. The molecule has 6 heteroatoms. The summed E-state index contributed by atoms with van der Waals surface area (Å²) in [5.74, 6) is 0.0463. The van der Waals surface area contributed by atoms with Crippen LogP contribution in [-0.2, 0) is 24.3 Å².